The summed E-state index contributed by atoms with van der Waals surface area (Å²) in [5.41, 5.74) is 2.65. The van der Waals surface area contributed by atoms with Gasteiger partial charge in [-0.05, 0) is 42.2 Å². The van der Waals surface area contributed by atoms with Crippen molar-refractivity contribution in [1.82, 2.24) is 4.98 Å². The van der Waals surface area contributed by atoms with Gasteiger partial charge in [0.15, 0.2) is 16.6 Å². The molecule has 0 aliphatic heterocycles. The van der Waals surface area contributed by atoms with Gasteiger partial charge in [-0.25, -0.2) is 4.98 Å². The lowest BCUT2D eigenvalue weighted by Gasteiger charge is -2.08. The van der Waals surface area contributed by atoms with Gasteiger partial charge in [-0.15, -0.1) is 23.1 Å². The lowest BCUT2D eigenvalue weighted by Crippen LogP contribution is -2.14. The number of carbonyl (C=O) groups is 1. The number of methoxy groups -OCH3 is 2. The van der Waals surface area contributed by atoms with Gasteiger partial charge in [-0.3, -0.25) is 4.79 Å². The van der Waals surface area contributed by atoms with Crippen molar-refractivity contribution in [1.29, 1.82) is 0 Å². The maximum Gasteiger partial charge on any atom is 0.230 e. The number of thiazole rings is 1. The minimum Gasteiger partial charge on any atom is -0.493 e. The summed E-state index contributed by atoms with van der Waals surface area (Å²) in [5, 5.41) is 5.35. The molecule has 0 saturated heterocycles. The van der Waals surface area contributed by atoms with E-state index in [1.54, 1.807) is 26.0 Å². The molecule has 1 N–H and O–H groups in total. The summed E-state index contributed by atoms with van der Waals surface area (Å²) in [4.78, 5) is 18.0. The van der Waals surface area contributed by atoms with Crippen molar-refractivity contribution in [2.45, 2.75) is 11.3 Å². The van der Waals surface area contributed by atoms with E-state index in [4.69, 9.17) is 9.47 Å². The average molecular weight is 401 g/mol. The van der Waals surface area contributed by atoms with Crippen LogP contribution in [-0.2, 0) is 11.2 Å². The number of anilines is 1. The van der Waals surface area contributed by atoms with Crippen molar-refractivity contribution in [3.63, 3.8) is 0 Å². The van der Waals surface area contributed by atoms with E-state index in [9.17, 15) is 4.79 Å². The molecule has 0 saturated carbocycles. The minimum absolute atomic E-state index is 0.0832. The van der Waals surface area contributed by atoms with Crippen molar-refractivity contribution < 1.29 is 14.3 Å². The molecule has 2 aromatic carbocycles. The van der Waals surface area contributed by atoms with Gasteiger partial charge in [-0.1, -0.05) is 12.1 Å². The number of nitrogens with zero attached hydrogens (tertiary/aromatic N) is 1. The van der Waals surface area contributed by atoms with Crippen LogP contribution in [0.5, 0.6) is 11.5 Å². The topological polar surface area (TPSA) is 60.5 Å². The first kappa shape index (κ1) is 19.3. The van der Waals surface area contributed by atoms with Gasteiger partial charge in [0.05, 0.1) is 26.3 Å². The third-order valence-electron chi connectivity index (χ3n) is 3.95. The molecule has 0 aliphatic carbocycles. The van der Waals surface area contributed by atoms with Gasteiger partial charge in [0, 0.05) is 15.8 Å². The molecule has 0 bridgehead atoms. The van der Waals surface area contributed by atoms with Gasteiger partial charge >= 0.3 is 0 Å². The number of nitrogens with one attached hydrogen (secondary N) is 1. The van der Waals surface area contributed by atoms with Crippen LogP contribution in [0.3, 0.4) is 0 Å². The maximum atomic E-state index is 12.3. The van der Waals surface area contributed by atoms with E-state index in [2.05, 4.69) is 10.3 Å². The van der Waals surface area contributed by atoms with E-state index >= 15 is 0 Å². The highest BCUT2D eigenvalue weighted by atomic mass is 32.2. The van der Waals surface area contributed by atoms with Crippen molar-refractivity contribution in [3.8, 4) is 22.8 Å². The zero-order valence-corrected chi connectivity index (χ0v) is 16.9. The normalized spacial score (nSPS) is 10.5. The fraction of sp³-hybridized carbons (Fsp3) is 0.200. The number of hydrogen-bond acceptors (Lipinski definition) is 6. The molecule has 0 spiro atoms. The van der Waals surface area contributed by atoms with Crippen molar-refractivity contribution in [2.24, 2.45) is 0 Å². The first-order valence-corrected chi connectivity index (χ1v) is 10.3. The van der Waals surface area contributed by atoms with E-state index in [0.29, 0.717) is 23.1 Å². The molecule has 0 radical (unpaired) electrons. The Bertz CT molecular complexity index is 923. The molecule has 3 rings (SSSR count). The van der Waals surface area contributed by atoms with Crippen molar-refractivity contribution in [3.05, 3.63) is 53.4 Å². The highest BCUT2D eigenvalue weighted by Gasteiger charge is 2.11. The number of amides is 1. The largest absolute Gasteiger partial charge is 0.493 e. The Labute approximate surface area is 166 Å². The lowest BCUT2D eigenvalue weighted by molar-refractivity contribution is -0.115. The number of ether oxygens (including phenoxy) is 2. The molecule has 0 unspecified atom stereocenters. The van der Waals surface area contributed by atoms with Crippen LogP contribution in [0.1, 0.15) is 5.56 Å². The fourth-order valence-corrected chi connectivity index (χ4v) is 3.70. The predicted octanol–water partition coefficient (Wildman–Crippen LogP) is 4.73. The Morgan fingerprint density at radius 1 is 1.11 bits per heavy atom. The molecule has 0 aliphatic rings. The van der Waals surface area contributed by atoms with Crippen LogP contribution in [-0.4, -0.2) is 31.4 Å². The minimum atomic E-state index is -0.0832. The zero-order valence-electron chi connectivity index (χ0n) is 15.3. The molecule has 0 atom stereocenters. The highest BCUT2D eigenvalue weighted by Crippen LogP contribution is 2.33. The lowest BCUT2D eigenvalue weighted by atomic mass is 10.1. The number of aromatic nitrogens is 1. The van der Waals surface area contributed by atoms with Crippen molar-refractivity contribution in [2.75, 3.05) is 25.8 Å². The summed E-state index contributed by atoms with van der Waals surface area (Å²) in [5.74, 6) is 1.22. The molecule has 27 heavy (non-hydrogen) atoms. The molecule has 140 valence electrons. The average Bonchev–Trinajstić information content (AvgIpc) is 3.16. The molecule has 0 fully saturated rings. The van der Waals surface area contributed by atoms with Gasteiger partial charge in [-0.2, -0.15) is 0 Å². The molecular weight excluding hydrogens is 380 g/mol. The Kier molecular flexibility index (Phi) is 6.36. The quantitative estimate of drug-likeness (QED) is 0.581. The smallest absolute Gasteiger partial charge is 0.230 e. The van der Waals surface area contributed by atoms with Crippen LogP contribution < -0.4 is 14.8 Å². The molecule has 1 amide bonds. The summed E-state index contributed by atoms with van der Waals surface area (Å²) in [6.07, 6.45) is 2.35. The van der Waals surface area contributed by atoms with Gasteiger partial charge in [0.2, 0.25) is 5.91 Å². The van der Waals surface area contributed by atoms with Crippen LogP contribution in [0.2, 0.25) is 0 Å². The highest BCUT2D eigenvalue weighted by molar-refractivity contribution is 7.98. The molecular formula is C20H20N2O3S2. The van der Waals surface area contributed by atoms with Crippen molar-refractivity contribution >= 4 is 34.1 Å². The van der Waals surface area contributed by atoms with Crippen LogP contribution in [0.4, 0.5) is 5.13 Å². The molecule has 5 nitrogen and oxygen atoms in total. The van der Waals surface area contributed by atoms with Crippen LogP contribution in [0, 0.1) is 0 Å². The number of hydrogen-bond donors (Lipinski definition) is 1. The number of thioether (sulfide) groups is 1. The summed E-state index contributed by atoms with van der Waals surface area (Å²) in [6, 6.07) is 13.6. The van der Waals surface area contributed by atoms with Gasteiger partial charge in [0.1, 0.15) is 0 Å². The number of benzene rings is 2. The Morgan fingerprint density at radius 2 is 1.85 bits per heavy atom. The summed E-state index contributed by atoms with van der Waals surface area (Å²) < 4.78 is 10.6. The summed E-state index contributed by atoms with van der Waals surface area (Å²) >= 11 is 3.07. The Balaban J connectivity index is 1.67. The maximum absolute atomic E-state index is 12.3. The Hall–Kier alpha value is -2.51. The predicted molar refractivity (Wildman–Crippen MR) is 111 cm³/mol. The SMILES string of the molecule is COc1ccc(-c2csc(NC(=O)Cc3ccc(SC)cc3)n2)cc1OC. The Morgan fingerprint density at radius 3 is 2.52 bits per heavy atom. The molecule has 1 heterocycles. The number of rotatable bonds is 7. The summed E-state index contributed by atoms with van der Waals surface area (Å²) in [7, 11) is 3.20. The second kappa shape index (κ2) is 8.92. The van der Waals surface area contributed by atoms with Crippen LogP contribution in [0.25, 0.3) is 11.3 Å². The molecule has 7 heteroatoms. The molecule has 1 aromatic heterocycles. The van der Waals surface area contributed by atoms with E-state index in [-0.39, 0.29) is 5.91 Å². The second-order valence-electron chi connectivity index (χ2n) is 5.68. The van der Waals surface area contributed by atoms with Crippen LogP contribution >= 0.6 is 23.1 Å². The second-order valence-corrected chi connectivity index (χ2v) is 7.42. The van der Waals surface area contributed by atoms with Gasteiger partial charge < -0.3 is 14.8 Å². The van der Waals surface area contributed by atoms with Gasteiger partial charge in [0.25, 0.3) is 0 Å². The molecule has 3 aromatic rings. The van der Waals surface area contributed by atoms with Crippen LogP contribution in [0.15, 0.2) is 52.7 Å². The number of carbonyl (C=O) groups excluding carboxylic acids is 1. The third-order valence-corrected chi connectivity index (χ3v) is 5.45. The third kappa shape index (κ3) is 4.81. The standard InChI is InChI=1S/C20H20N2O3S2/c1-24-17-9-6-14(11-18(17)25-2)16-12-27-20(21-16)22-19(23)10-13-4-7-15(26-3)8-5-13/h4-9,11-12H,10H2,1-3H3,(H,21,22,23). The first-order valence-electron chi connectivity index (χ1n) is 8.23. The van der Waals surface area contributed by atoms with E-state index in [1.165, 1.54) is 16.2 Å². The van der Waals surface area contributed by atoms with E-state index in [1.807, 2.05) is 54.1 Å². The van der Waals surface area contributed by atoms with E-state index < -0.39 is 0 Å². The van der Waals surface area contributed by atoms with E-state index in [0.717, 1.165) is 16.8 Å². The summed E-state index contributed by atoms with van der Waals surface area (Å²) in [6.45, 7) is 0. The first-order chi connectivity index (χ1) is 13.1. The zero-order chi connectivity index (χ0) is 19.2. The fourth-order valence-electron chi connectivity index (χ4n) is 2.55. The monoisotopic (exact) mass is 400 g/mol.